The number of aromatic amines is 1. The van der Waals surface area contributed by atoms with Crippen LogP contribution in [0.25, 0.3) is 0 Å². The van der Waals surface area contributed by atoms with Gasteiger partial charge >= 0.3 is 0 Å². The number of carbonyl (C=O) groups is 1. The molecule has 0 saturated heterocycles. The van der Waals surface area contributed by atoms with E-state index in [1.807, 2.05) is 0 Å². The summed E-state index contributed by atoms with van der Waals surface area (Å²) in [6.07, 6.45) is 1.44. The zero-order valence-corrected chi connectivity index (χ0v) is 5.68. The predicted molar refractivity (Wildman–Crippen MR) is 38.2 cm³/mol. The molecular formula is C7H6N2O2. The number of fused-ring (bicyclic) bond motifs is 1. The maximum atomic E-state index is 10.9. The molecule has 0 bridgehead atoms. The summed E-state index contributed by atoms with van der Waals surface area (Å²) in [5.74, 6) is -0.115. The Morgan fingerprint density at radius 3 is 3.00 bits per heavy atom. The van der Waals surface area contributed by atoms with E-state index in [-0.39, 0.29) is 11.5 Å². The number of aromatic nitrogens is 1. The van der Waals surface area contributed by atoms with Crippen molar-refractivity contribution in [1.29, 1.82) is 0 Å². The molecule has 4 heteroatoms. The molecule has 0 spiro atoms. The Labute approximate surface area is 62.2 Å². The number of hydrogen-bond donors (Lipinski definition) is 2. The van der Waals surface area contributed by atoms with E-state index in [1.165, 1.54) is 12.3 Å². The first kappa shape index (κ1) is 6.15. The Kier molecular flexibility index (Phi) is 1.09. The number of hydrogen-bond acceptors (Lipinski definition) is 2. The molecule has 1 aromatic rings. The van der Waals surface area contributed by atoms with Crippen molar-refractivity contribution >= 4 is 5.91 Å². The number of carbonyl (C=O) groups excluding carboxylic acids is 1. The molecule has 1 aliphatic rings. The Balaban J connectivity index is 2.68. The molecule has 1 amide bonds. The van der Waals surface area contributed by atoms with Gasteiger partial charge in [-0.25, -0.2) is 0 Å². The minimum atomic E-state index is -0.166. The zero-order valence-electron chi connectivity index (χ0n) is 5.68. The molecule has 0 saturated carbocycles. The standard InChI is InChI=1S/C7H6N2O2/c10-6-1-4-2-9-7(11)5(4)3-8-6/h1,3H,2H2,(H,8,10)(H,9,11). The molecular weight excluding hydrogens is 144 g/mol. The molecule has 2 N–H and O–H groups in total. The Bertz CT molecular complexity index is 367. The highest BCUT2D eigenvalue weighted by Gasteiger charge is 2.17. The van der Waals surface area contributed by atoms with E-state index in [4.69, 9.17) is 0 Å². The van der Waals surface area contributed by atoms with Crippen molar-refractivity contribution in [1.82, 2.24) is 10.3 Å². The Morgan fingerprint density at radius 1 is 1.36 bits per heavy atom. The molecule has 0 fully saturated rings. The first-order valence-corrected chi connectivity index (χ1v) is 3.27. The van der Waals surface area contributed by atoms with Gasteiger partial charge in [0.05, 0.1) is 5.56 Å². The first-order chi connectivity index (χ1) is 5.27. The number of amides is 1. The van der Waals surface area contributed by atoms with Gasteiger partial charge < -0.3 is 10.3 Å². The molecule has 56 valence electrons. The zero-order chi connectivity index (χ0) is 7.84. The topological polar surface area (TPSA) is 62.0 Å². The van der Waals surface area contributed by atoms with Crippen LogP contribution in [0.15, 0.2) is 17.1 Å². The summed E-state index contributed by atoms with van der Waals surface area (Å²) in [4.78, 5) is 24.1. The van der Waals surface area contributed by atoms with Gasteiger partial charge in [0, 0.05) is 18.8 Å². The number of H-pyrrole nitrogens is 1. The van der Waals surface area contributed by atoms with Crippen LogP contribution in [0.3, 0.4) is 0 Å². The van der Waals surface area contributed by atoms with Crippen LogP contribution in [0.5, 0.6) is 0 Å². The molecule has 0 radical (unpaired) electrons. The minimum absolute atomic E-state index is 0.115. The molecule has 0 aromatic carbocycles. The van der Waals surface area contributed by atoms with Crippen molar-refractivity contribution in [2.24, 2.45) is 0 Å². The van der Waals surface area contributed by atoms with E-state index in [0.717, 1.165) is 5.56 Å². The van der Waals surface area contributed by atoms with Crippen LogP contribution in [-0.4, -0.2) is 10.9 Å². The highest BCUT2D eigenvalue weighted by atomic mass is 16.2. The van der Waals surface area contributed by atoms with Gasteiger partial charge in [0.15, 0.2) is 0 Å². The lowest BCUT2D eigenvalue weighted by molar-refractivity contribution is 0.0965. The summed E-state index contributed by atoms with van der Waals surface area (Å²) >= 11 is 0. The third kappa shape index (κ3) is 0.832. The quantitative estimate of drug-likeness (QED) is 0.529. The largest absolute Gasteiger partial charge is 0.348 e. The number of nitrogens with one attached hydrogen (secondary N) is 2. The monoisotopic (exact) mass is 150 g/mol. The van der Waals surface area contributed by atoms with Crippen molar-refractivity contribution in [2.45, 2.75) is 6.54 Å². The lowest BCUT2D eigenvalue weighted by Crippen LogP contribution is -2.12. The van der Waals surface area contributed by atoms with E-state index in [2.05, 4.69) is 10.3 Å². The fraction of sp³-hybridized carbons (Fsp3) is 0.143. The third-order valence-electron chi connectivity index (χ3n) is 1.69. The van der Waals surface area contributed by atoms with Crippen LogP contribution < -0.4 is 10.9 Å². The van der Waals surface area contributed by atoms with Crippen molar-refractivity contribution in [3.05, 3.63) is 33.7 Å². The maximum Gasteiger partial charge on any atom is 0.253 e. The Hall–Kier alpha value is -1.58. The molecule has 2 heterocycles. The number of pyridine rings is 1. The van der Waals surface area contributed by atoms with Crippen LogP contribution in [0.2, 0.25) is 0 Å². The van der Waals surface area contributed by atoms with E-state index >= 15 is 0 Å². The maximum absolute atomic E-state index is 10.9. The van der Waals surface area contributed by atoms with Crippen molar-refractivity contribution in [3.63, 3.8) is 0 Å². The van der Waals surface area contributed by atoms with E-state index in [1.54, 1.807) is 0 Å². The molecule has 2 rings (SSSR count). The summed E-state index contributed by atoms with van der Waals surface area (Å²) in [5, 5.41) is 2.61. The first-order valence-electron chi connectivity index (χ1n) is 3.27. The second kappa shape index (κ2) is 1.95. The summed E-state index contributed by atoms with van der Waals surface area (Å²) in [5.41, 5.74) is 1.18. The SMILES string of the molecule is O=C1NCc2cc(=O)[nH]cc21. The highest BCUT2D eigenvalue weighted by Crippen LogP contribution is 2.10. The average Bonchev–Trinajstić information content (AvgIpc) is 2.32. The van der Waals surface area contributed by atoms with Crippen LogP contribution >= 0.6 is 0 Å². The second-order valence-corrected chi connectivity index (χ2v) is 2.42. The summed E-state index contributed by atoms with van der Waals surface area (Å²) in [6, 6.07) is 1.44. The summed E-state index contributed by atoms with van der Waals surface area (Å²) < 4.78 is 0. The minimum Gasteiger partial charge on any atom is -0.348 e. The van der Waals surface area contributed by atoms with Crippen LogP contribution in [-0.2, 0) is 6.54 Å². The van der Waals surface area contributed by atoms with Gasteiger partial charge in [0.25, 0.3) is 5.91 Å². The summed E-state index contributed by atoms with van der Waals surface area (Å²) in [7, 11) is 0. The second-order valence-electron chi connectivity index (χ2n) is 2.42. The van der Waals surface area contributed by atoms with Crippen LogP contribution in [0.1, 0.15) is 15.9 Å². The lowest BCUT2D eigenvalue weighted by atomic mass is 10.2. The molecule has 4 nitrogen and oxygen atoms in total. The smallest absolute Gasteiger partial charge is 0.253 e. The van der Waals surface area contributed by atoms with Gasteiger partial charge in [-0.05, 0) is 5.56 Å². The molecule has 0 atom stereocenters. The third-order valence-corrected chi connectivity index (χ3v) is 1.69. The fourth-order valence-corrected chi connectivity index (χ4v) is 1.14. The highest BCUT2D eigenvalue weighted by molar-refractivity contribution is 5.97. The van der Waals surface area contributed by atoms with E-state index in [9.17, 15) is 9.59 Å². The lowest BCUT2D eigenvalue weighted by Gasteiger charge is -1.90. The Morgan fingerprint density at radius 2 is 2.18 bits per heavy atom. The van der Waals surface area contributed by atoms with Gasteiger partial charge in [-0.15, -0.1) is 0 Å². The van der Waals surface area contributed by atoms with Gasteiger partial charge in [0.2, 0.25) is 5.56 Å². The van der Waals surface area contributed by atoms with Crippen molar-refractivity contribution in [2.75, 3.05) is 0 Å². The van der Waals surface area contributed by atoms with Gasteiger partial charge in [0.1, 0.15) is 0 Å². The molecule has 1 aliphatic heterocycles. The predicted octanol–water partition coefficient (Wildman–Crippen LogP) is -0.382. The van der Waals surface area contributed by atoms with Crippen molar-refractivity contribution < 1.29 is 4.79 Å². The van der Waals surface area contributed by atoms with Gasteiger partial charge in [-0.1, -0.05) is 0 Å². The number of rotatable bonds is 0. The molecule has 0 unspecified atom stereocenters. The van der Waals surface area contributed by atoms with Gasteiger partial charge in [-0.3, -0.25) is 9.59 Å². The normalized spacial score (nSPS) is 14.4. The van der Waals surface area contributed by atoms with Crippen molar-refractivity contribution in [3.8, 4) is 0 Å². The average molecular weight is 150 g/mol. The molecule has 0 aliphatic carbocycles. The fourth-order valence-electron chi connectivity index (χ4n) is 1.14. The molecule has 1 aromatic heterocycles. The summed E-state index contributed by atoms with van der Waals surface area (Å²) in [6.45, 7) is 0.470. The molecule has 11 heavy (non-hydrogen) atoms. The van der Waals surface area contributed by atoms with Crippen LogP contribution in [0, 0.1) is 0 Å². The van der Waals surface area contributed by atoms with E-state index < -0.39 is 0 Å². The van der Waals surface area contributed by atoms with E-state index in [0.29, 0.717) is 12.1 Å². The van der Waals surface area contributed by atoms with Gasteiger partial charge in [-0.2, -0.15) is 0 Å². The van der Waals surface area contributed by atoms with Crippen LogP contribution in [0.4, 0.5) is 0 Å².